The molecule has 5 heteroatoms. The second-order valence-electron chi connectivity index (χ2n) is 4.26. The van der Waals surface area contributed by atoms with Crippen molar-refractivity contribution in [1.82, 2.24) is 0 Å². The number of methoxy groups -OCH3 is 1. The van der Waals surface area contributed by atoms with E-state index in [1.807, 2.05) is 6.92 Å². The fourth-order valence-corrected chi connectivity index (χ4v) is 2.15. The van der Waals surface area contributed by atoms with Crippen LogP contribution in [0.5, 0.6) is 0 Å². The summed E-state index contributed by atoms with van der Waals surface area (Å²) in [4.78, 5) is 11.8. The van der Waals surface area contributed by atoms with Crippen LogP contribution in [-0.2, 0) is 27.7 Å². The summed E-state index contributed by atoms with van der Waals surface area (Å²) in [5.74, 6) is -0.108. The fraction of sp³-hybridized carbons (Fsp3) is 0.615. The first-order valence-electron chi connectivity index (χ1n) is 5.64. The van der Waals surface area contributed by atoms with Gasteiger partial charge in [-0.25, -0.2) is 0 Å². The third-order valence-corrected chi connectivity index (χ3v) is 3.37. The van der Waals surface area contributed by atoms with E-state index >= 15 is 0 Å². The molecule has 0 heterocycles. The number of rotatable bonds is 5. The van der Waals surface area contributed by atoms with Crippen molar-refractivity contribution in [1.29, 1.82) is 0 Å². The van der Waals surface area contributed by atoms with Crippen molar-refractivity contribution in [3.05, 3.63) is 23.3 Å². The molecule has 0 aromatic rings. The number of hydrogen-bond donors (Lipinski definition) is 1. The summed E-state index contributed by atoms with van der Waals surface area (Å²) < 4.78 is 5.39. The second-order valence-corrected chi connectivity index (χ2v) is 4.26. The zero-order valence-corrected chi connectivity index (χ0v) is 13.2. The van der Waals surface area contributed by atoms with E-state index in [-0.39, 0.29) is 18.0 Å². The van der Waals surface area contributed by atoms with E-state index < -0.39 is 5.60 Å². The summed E-state index contributed by atoms with van der Waals surface area (Å²) in [5.41, 5.74) is 1.16. The molecule has 1 aliphatic carbocycles. The van der Waals surface area contributed by atoms with Crippen LogP contribution in [-0.4, -0.2) is 30.2 Å². The number of aliphatic hydroxyl groups excluding tert-OH is 1. The van der Waals surface area contributed by atoms with Crippen molar-refractivity contribution in [2.45, 2.75) is 38.7 Å². The monoisotopic (exact) mass is 364 g/mol. The Morgan fingerprint density at radius 3 is 2.44 bits per heavy atom. The molecule has 0 spiro atoms. The molecule has 1 rings (SSSR count). The molecule has 1 N–H and O–H groups in total. The van der Waals surface area contributed by atoms with Gasteiger partial charge >= 0.3 is 27.7 Å². The van der Waals surface area contributed by atoms with E-state index in [4.69, 9.17) is 16.4 Å². The Morgan fingerprint density at radius 2 is 2.00 bits per heavy atom. The van der Waals surface area contributed by atoms with Crippen LogP contribution in [0.2, 0.25) is 0 Å². The Labute approximate surface area is 124 Å². The number of Topliss-reactive ketones (excluding diaryl/α,β-unsaturated/α-hetero) is 1. The van der Waals surface area contributed by atoms with Gasteiger partial charge in [0.2, 0.25) is 0 Å². The molecule has 3 nitrogen and oxygen atoms in total. The zero-order valence-electron chi connectivity index (χ0n) is 10.9. The van der Waals surface area contributed by atoms with E-state index in [0.717, 1.165) is 24.8 Å². The molecule has 0 radical (unpaired) electrons. The quantitative estimate of drug-likeness (QED) is 0.353. The Morgan fingerprint density at radius 1 is 1.44 bits per heavy atom. The molecule has 0 saturated carbocycles. The summed E-state index contributed by atoms with van der Waals surface area (Å²) in [6.45, 7) is 9.58. The number of ether oxygens (including phenoxy) is 1. The molecule has 0 saturated heterocycles. The van der Waals surface area contributed by atoms with Crippen LogP contribution in [0.4, 0.5) is 0 Å². The molecular weight excluding hydrogens is 346 g/mol. The van der Waals surface area contributed by atoms with Gasteiger partial charge in [0.05, 0.1) is 5.60 Å². The van der Waals surface area contributed by atoms with Gasteiger partial charge in [-0.1, -0.05) is 12.5 Å². The maximum atomic E-state index is 11.8. The van der Waals surface area contributed by atoms with Gasteiger partial charge in [-0.15, -0.1) is 5.57 Å². The van der Waals surface area contributed by atoms with Crippen LogP contribution in [0.3, 0.4) is 0 Å². The summed E-state index contributed by atoms with van der Waals surface area (Å²) in [6.07, 6.45) is 2.30. The normalized spacial score (nSPS) is 23.3. The van der Waals surface area contributed by atoms with Crippen molar-refractivity contribution in [2.75, 3.05) is 13.7 Å². The van der Waals surface area contributed by atoms with Crippen LogP contribution >= 0.6 is 9.53 Å². The van der Waals surface area contributed by atoms with E-state index in [9.17, 15) is 4.79 Å². The number of halogens is 1. The van der Waals surface area contributed by atoms with Crippen molar-refractivity contribution < 1.29 is 32.8 Å². The Kier molecular flexibility index (Phi) is 8.25. The van der Waals surface area contributed by atoms with Gasteiger partial charge in [-0.2, -0.15) is 0 Å². The summed E-state index contributed by atoms with van der Waals surface area (Å²) >= 11 is 2.22. The number of carbonyl (C=O) groups is 1. The van der Waals surface area contributed by atoms with Gasteiger partial charge in [-0.05, 0) is 31.8 Å². The SMILES string of the molecule is [CH-]=C1C(=O)C(C)=C(CCCCO)C1(C)OC.[Cl][Pd+]. The molecule has 1 atom stereocenters. The first-order valence-corrected chi connectivity index (χ1v) is 7.65. The first-order chi connectivity index (χ1) is 8.49. The molecule has 106 valence electrons. The van der Waals surface area contributed by atoms with E-state index in [0.29, 0.717) is 5.57 Å². The number of aliphatic hydroxyl groups is 1. The molecule has 0 aromatic heterocycles. The molecule has 18 heavy (non-hydrogen) atoms. The fourth-order valence-electron chi connectivity index (χ4n) is 2.15. The van der Waals surface area contributed by atoms with Crippen LogP contribution in [0.25, 0.3) is 0 Å². The minimum absolute atomic E-state index is 0.108. The Balaban J connectivity index is 0.00000137. The summed E-state index contributed by atoms with van der Waals surface area (Å²) in [7, 11) is 6.05. The van der Waals surface area contributed by atoms with Gasteiger partial charge in [0, 0.05) is 19.5 Å². The predicted molar refractivity (Wildman–Crippen MR) is 67.7 cm³/mol. The van der Waals surface area contributed by atoms with E-state index in [2.05, 4.69) is 27.7 Å². The van der Waals surface area contributed by atoms with Crippen LogP contribution in [0.15, 0.2) is 16.7 Å². The molecule has 0 aliphatic heterocycles. The second kappa shape index (κ2) is 8.24. The molecular formula is C13H19ClO3Pd. The van der Waals surface area contributed by atoms with Gasteiger partial charge in [0.1, 0.15) is 0 Å². The number of allylic oxidation sites excluding steroid dienone is 1. The summed E-state index contributed by atoms with van der Waals surface area (Å²) in [6, 6.07) is 0. The topological polar surface area (TPSA) is 46.5 Å². The predicted octanol–water partition coefficient (Wildman–Crippen LogP) is 2.50. The average Bonchev–Trinajstić information content (AvgIpc) is 2.57. The Hall–Kier alpha value is 0.0223. The van der Waals surface area contributed by atoms with Crippen molar-refractivity contribution in [3.63, 3.8) is 0 Å². The van der Waals surface area contributed by atoms with Crippen molar-refractivity contribution >= 4 is 15.3 Å². The molecule has 0 amide bonds. The van der Waals surface area contributed by atoms with Gasteiger partial charge in [0.25, 0.3) is 0 Å². The first kappa shape index (κ1) is 18.0. The van der Waals surface area contributed by atoms with E-state index in [1.54, 1.807) is 14.0 Å². The minimum atomic E-state index is -0.753. The van der Waals surface area contributed by atoms with Gasteiger partial charge in [0.15, 0.2) is 0 Å². The van der Waals surface area contributed by atoms with E-state index in [1.165, 1.54) is 0 Å². The van der Waals surface area contributed by atoms with Crippen LogP contribution in [0.1, 0.15) is 33.1 Å². The number of carbonyl (C=O) groups excluding carboxylic acids is 1. The third-order valence-electron chi connectivity index (χ3n) is 3.37. The van der Waals surface area contributed by atoms with Crippen molar-refractivity contribution in [2.24, 2.45) is 0 Å². The average molecular weight is 365 g/mol. The number of unbranched alkanes of at least 4 members (excludes halogenated alkanes) is 1. The van der Waals surface area contributed by atoms with Gasteiger partial charge < -0.3 is 14.6 Å². The molecule has 1 unspecified atom stereocenters. The molecule has 0 aromatic carbocycles. The van der Waals surface area contributed by atoms with Gasteiger partial charge in [-0.3, -0.25) is 6.58 Å². The number of ketones is 1. The van der Waals surface area contributed by atoms with Crippen molar-refractivity contribution in [3.8, 4) is 0 Å². The van der Waals surface area contributed by atoms with Crippen LogP contribution in [0, 0.1) is 6.58 Å². The molecule has 0 bridgehead atoms. The standard InChI is InChI=1S/C13H19O3.ClH.Pd/c1-9-11(7-5-6-8-14)13(3,16-4)10(2)12(9)15;;/h2,14H,5-8H2,1,3-4H3;1H;/q-1;;+2/p-1. The summed E-state index contributed by atoms with van der Waals surface area (Å²) in [5, 5.41) is 8.75. The maximum absolute atomic E-state index is 11.8. The molecule has 0 fully saturated rings. The molecule has 1 aliphatic rings. The van der Waals surface area contributed by atoms with Crippen LogP contribution < -0.4 is 0 Å². The zero-order chi connectivity index (χ0) is 14.3. The third kappa shape index (κ3) is 3.53. The number of hydrogen-bond acceptors (Lipinski definition) is 3. The Bertz CT molecular complexity index is 352.